The molecule has 1 aromatic carbocycles. The number of hydrogen-bond donors (Lipinski definition) is 1. The second-order valence-corrected chi connectivity index (χ2v) is 4.13. The van der Waals surface area contributed by atoms with Gasteiger partial charge in [-0.25, -0.2) is 8.78 Å². The molecule has 0 bridgehead atoms. The van der Waals surface area contributed by atoms with Crippen molar-refractivity contribution in [2.24, 2.45) is 0 Å². The van der Waals surface area contributed by atoms with E-state index in [0.717, 1.165) is 0 Å². The Balaban J connectivity index is 2.46. The molecule has 0 heterocycles. The molecule has 0 saturated carbocycles. The fraction of sp³-hybridized carbons (Fsp3) is 0.364. The summed E-state index contributed by atoms with van der Waals surface area (Å²) in [6.07, 6.45) is -1.76. The molecular formula is C11H12BrF2NO2. The van der Waals surface area contributed by atoms with E-state index in [1.54, 1.807) is 6.07 Å². The predicted octanol–water partition coefficient (Wildman–Crippen LogP) is 2.44. The first kappa shape index (κ1) is 13.9. The van der Waals surface area contributed by atoms with Crippen molar-refractivity contribution < 1.29 is 18.3 Å². The maximum atomic E-state index is 13.4. The lowest BCUT2D eigenvalue weighted by atomic mass is 10.2. The van der Waals surface area contributed by atoms with Crippen LogP contribution in [0.5, 0.6) is 5.75 Å². The molecule has 1 amide bonds. The number of rotatable bonds is 5. The number of carbonyl (C=O) groups is 1. The normalized spacial score (nSPS) is 12.0. The largest absolute Gasteiger partial charge is 0.490 e. The standard InChI is InChI=1S/C11H12BrF2NO2/c1-15-11(16)8(13)5-6-17-9-4-2-3-7(12)10(9)14/h2-4,8H,5-6H2,1H3,(H,15,16). The molecule has 3 nitrogen and oxygen atoms in total. The maximum Gasteiger partial charge on any atom is 0.254 e. The van der Waals surface area contributed by atoms with Gasteiger partial charge in [-0.1, -0.05) is 6.07 Å². The topological polar surface area (TPSA) is 38.3 Å². The summed E-state index contributed by atoms with van der Waals surface area (Å²) in [6, 6.07) is 4.58. The van der Waals surface area contributed by atoms with Gasteiger partial charge in [-0.2, -0.15) is 0 Å². The van der Waals surface area contributed by atoms with Crippen LogP contribution in [0.15, 0.2) is 22.7 Å². The van der Waals surface area contributed by atoms with E-state index in [4.69, 9.17) is 4.74 Å². The number of alkyl halides is 1. The van der Waals surface area contributed by atoms with E-state index < -0.39 is 17.9 Å². The summed E-state index contributed by atoms with van der Waals surface area (Å²) in [4.78, 5) is 10.9. The lowest BCUT2D eigenvalue weighted by Gasteiger charge is -2.09. The first-order valence-corrected chi connectivity index (χ1v) is 5.78. The summed E-state index contributed by atoms with van der Waals surface area (Å²) >= 11 is 3.01. The molecule has 17 heavy (non-hydrogen) atoms. The Morgan fingerprint density at radius 1 is 1.59 bits per heavy atom. The van der Waals surface area contributed by atoms with Crippen LogP contribution in [0.2, 0.25) is 0 Å². The molecule has 6 heteroatoms. The number of carbonyl (C=O) groups excluding carboxylic acids is 1. The third-order valence-electron chi connectivity index (χ3n) is 2.08. The summed E-state index contributed by atoms with van der Waals surface area (Å²) in [5, 5.41) is 2.18. The van der Waals surface area contributed by atoms with Crippen molar-refractivity contribution in [3.8, 4) is 5.75 Å². The van der Waals surface area contributed by atoms with Gasteiger partial charge in [0.2, 0.25) is 0 Å². The Labute approximate surface area is 106 Å². The molecule has 1 aromatic rings. The van der Waals surface area contributed by atoms with E-state index in [9.17, 15) is 13.6 Å². The minimum Gasteiger partial charge on any atom is -0.490 e. The van der Waals surface area contributed by atoms with Gasteiger partial charge >= 0.3 is 0 Å². The molecule has 0 aliphatic carbocycles. The predicted molar refractivity (Wildman–Crippen MR) is 63.2 cm³/mol. The average Bonchev–Trinajstić information content (AvgIpc) is 2.33. The minimum atomic E-state index is -1.64. The highest BCUT2D eigenvalue weighted by atomic mass is 79.9. The van der Waals surface area contributed by atoms with Crippen LogP contribution in [0.1, 0.15) is 6.42 Å². The number of ether oxygens (including phenoxy) is 1. The molecule has 0 saturated heterocycles. The summed E-state index contributed by atoms with van der Waals surface area (Å²) < 4.78 is 31.8. The van der Waals surface area contributed by atoms with Crippen molar-refractivity contribution >= 4 is 21.8 Å². The van der Waals surface area contributed by atoms with E-state index in [1.165, 1.54) is 19.2 Å². The zero-order valence-corrected chi connectivity index (χ0v) is 10.8. The van der Waals surface area contributed by atoms with Crippen molar-refractivity contribution in [3.63, 3.8) is 0 Å². The Morgan fingerprint density at radius 2 is 2.29 bits per heavy atom. The van der Waals surface area contributed by atoms with Crippen molar-refractivity contribution in [1.82, 2.24) is 5.32 Å². The van der Waals surface area contributed by atoms with Gasteiger partial charge in [0.1, 0.15) is 0 Å². The molecule has 1 unspecified atom stereocenters. The van der Waals surface area contributed by atoms with Crippen LogP contribution in [0.3, 0.4) is 0 Å². The molecule has 94 valence electrons. The Hall–Kier alpha value is -1.17. The van der Waals surface area contributed by atoms with Gasteiger partial charge in [-0.3, -0.25) is 4.79 Å². The van der Waals surface area contributed by atoms with Crippen LogP contribution >= 0.6 is 15.9 Å². The number of hydrogen-bond acceptors (Lipinski definition) is 2. The highest BCUT2D eigenvalue weighted by molar-refractivity contribution is 9.10. The van der Waals surface area contributed by atoms with Gasteiger partial charge in [0.15, 0.2) is 17.7 Å². The van der Waals surface area contributed by atoms with Crippen molar-refractivity contribution in [2.45, 2.75) is 12.6 Å². The molecule has 0 aliphatic heterocycles. The Morgan fingerprint density at radius 3 is 2.94 bits per heavy atom. The maximum absolute atomic E-state index is 13.4. The molecule has 1 atom stereocenters. The number of amides is 1. The fourth-order valence-corrected chi connectivity index (χ4v) is 1.50. The molecule has 0 spiro atoms. The molecule has 0 aliphatic rings. The summed E-state index contributed by atoms with van der Waals surface area (Å²) in [5.74, 6) is -1.21. The monoisotopic (exact) mass is 307 g/mol. The zero-order valence-electron chi connectivity index (χ0n) is 9.17. The second kappa shape index (κ2) is 6.54. The third kappa shape index (κ3) is 3.96. The van der Waals surface area contributed by atoms with Crippen molar-refractivity contribution in [2.75, 3.05) is 13.7 Å². The van der Waals surface area contributed by atoms with Crippen LogP contribution < -0.4 is 10.1 Å². The van der Waals surface area contributed by atoms with Gasteiger partial charge in [-0.05, 0) is 28.1 Å². The van der Waals surface area contributed by atoms with E-state index >= 15 is 0 Å². The second-order valence-electron chi connectivity index (χ2n) is 3.27. The molecule has 1 rings (SSSR count). The van der Waals surface area contributed by atoms with Crippen molar-refractivity contribution in [1.29, 1.82) is 0 Å². The van der Waals surface area contributed by atoms with Crippen LogP contribution in [0.25, 0.3) is 0 Å². The van der Waals surface area contributed by atoms with Crippen LogP contribution in [0, 0.1) is 5.82 Å². The van der Waals surface area contributed by atoms with Gasteiger partial charge in [0.05, 0.1) is 11.1 Å². The third-order valence-corrected chi connectivity index (χ3v) is 2.69. The van der Waals surface area contributed by atoms with Gasteiger partial charge < -0.3 is 10.1 Å². The summed E-state index contributed by atoms with van der Waals surface area (Å²) in [7, 11) is 1.35. The van der Waals surface area contributed by atoms with Crippen molar-refractivity contribution in [3.05, 3.63) is 28.5 Å². The Kier molecular flexibility index (Phi) is 5.34. The fourth-order valence-electron chi connectivity index (χ4n) is 1.16. The number of benzene rings is 1. The quantitative estimate of drug-likeness (QED) is 0.907. The van der Waals surface area contributed by atoms with E-state index in [0.29, 0.717) is 0 Å². The molecule has 0 radical (unpaired) electrons. The van der Waals surface area contributed by atoms with Crippen LogP contribution in [-0.2, 0) is 4.79 Å². The lowest BCUT2D eigenvalue weighted by Crippen LogP contribution is -2.29. The average molecular weight is 308 g/mol. The van der Waals surface area contributed by atoms with E-state index in [2.05, 4.69) is 21.2 Å². The van der Waals surface area contributed by atoms with Gasteiger partial charge in [0.25, 0.3) is 5.91 Å². The van der Waals surface area contributed by atoms with Crippen LogP contribution in [-0.4, -0.2) is 25.7 Å². The lowest BCUT2D eigenvalue weighted by molar-refractivity contribution is -0.125. The minimum absolute atomic E-state index is 0.0310. The van der Waals surface area contributed by atoms with E-state index in [1.807, 2.05) is 0 Å². The smallest absolute Gasteiger partial charge is 0.254 e. The first-order chi connectivity index (χ1) is 8.06. The molecular weight excluding hydrogens is 296 g/mol. The Bertz CT molecular complexity index is 401. The summed E-state index contributed by atoms with van der Waals surface area (Å²) in [5.41, 5.74) is 0. The SMILES string of the molecule is CNC(=O)C(F)CCOc1cccc(Br)c1F. The number of nitrogens with one attached hydrogen (secondary N) is 1. The first-order valence-electron chi connectivity index (χ1n) is 4.98. The highest BCUT2D eigenvalue weighted by Crippen LogP contribution is 2.24. The molecule has 1 N–H and O–H groups in total. The van der Waals surface area contributed by atoms with Gasteiger partial charge in [-0.15, -0.1) is 0 Å². The molecule has 0 fully saturated rings. The zero-order chi connectivity index (χ0) is 12.8. The van der Waals surface area contributed by atoms with Gasteiger partial charge in [0, 0.05) is 13.5 Å². The van der Waals surface area contributed by atoms with Crippen LogP contribution in [0.4, 0.5) is 8.78 Å². The highest BCUT2D eigenvalue weighted by Gasteiger charge is 2.16. The number of halogens is 3. The summed E-state index contributed by atoms with van der Waals surface area (Å²) in [6.45, 7) is -0.0675. The molecule has 0 aromatic heterocycles. The van der Waals surface area contributed by atoms with E-state index in [-0.39, 0.29) is 23.2 Å².